The van der Waals surface area contributed by atoms with Gasteiger partial charge in [0.05, 0.1) is 11.4 Å². The molecule has 110 valence electrons. The minimum Gasteiger partial charge on any atom is -0.364 e. The molecule has 0 radical (unpaired) electrons. The summed E-state index contributed by atoms with van der Waals surface area (Å²) in [5.41, 5.74) is 7.07. The molecule has 1 aromatic heterocycles. The summed E-state index contributed by atoms with van der Waals surface area (Å²) >= 11 is 0. The Bertz CT molecular complexity index is 664. The molecular formula is C14H17N5O2. The molecule has 0 unspecified atom stereocenters. The Labute approximate surface area is 122 Å². The lowest BCUT2D eigenvalue weighted by atomic mass is 10.3. The summed E-state index contributed by atoms with van der Waals surface area (Å²) in [5, 5.41) is 9.48. The molecule has 7 nitrogen and oxygen atoms in total. The van der Waals surface area contributed by atoms with E-state index in [1.165, 1.54) is 4.68 Å². The molecule has 7 heteroatoms. The van der Waals surface area contributed by atoms with Gasteiger partial charge in [-0.1, -0.05) is 18.2 Å². The molecule has 0 aliphatic heterocycles. The molecule has 1 heterocycles. The van der Waals surface area contributed by atoms with Gasteiger partial charge >= 0.3 is 6.03 Å². The number of primary amides is 1. The molecule has 0 atom stereocenters. The molecule has 0 spiro atoms. The third-order valence-electron chi connectivity index (χ3n) is 2.93. The predicted octanol–water partition coefficient (Wildman–Crippen LogP) is 1.95. The first-order chi connectivity index (χ1) is 10.0. The zero-order valence-electron chi connectivity index (χ0n) is 11.9. The number of amides is 3. The molecular weight excluding hydrogens is 270 g/mol. The van der Waals surface area contributed by atoms with E-state index in [9.17, 15) is 9.59 Å². The van der Waals surface area contributed by atoms with Crippen molar-refractivity contribution in [2.45, 2.75) is 20.4 Å². The predicted molar refractivity (Wildman–Crippen MR) is 80.2 cm³/mol. The van der Waals surface area contributed by atoms with Crippen LogP contribution in [0.4, 0.5) is 16.2 Å². The lowest BCUT2D eigenvalue weighted by Crippen LogP contribution is -2.24. The fourth-order valence-corrected chi connectivity index (χ4v) is 2.01. The summed E-state index contributed by atoms with van der Waals surface area (Å²) in [4.78, 5) is 23.5. The van der Waals surface area contributed by atoms with Crippen LogP contribution in [0.25, 0.3) is 0 Å². The highest BCUT2D eigenvalue weighted by molar-refractivity contribution is 6.05. The minimum atomic E-state index is -0.632. The molecule has 0 saturated heterocycles. The minimum absolute atomic E-state index is 0.193. The molecule has 4 N–H and O–H groups in total. The smallest absolute Gasteiger partial charge is 0.323 e. The van der Waals surface area contributed by atoms with Crippen LogP contribution in [-0.4, -0.2) is 21.7 Å². The quantitative estimate of drug-likeness (QED) is 0.800. The fraction of sp³-hybridized carbons (Fsp3) is 0.214. The topological polar surface area (TPSA) is 102 Å². The number of urea groups is 1. The second-order valence-corrected chi connectivity index (χ2v) is 4.43. The molecule has 0 bridgehead atoms. The third-order valence-corrected chi connectivity index (χ3v) is 2.93. The number of nitrogens with zero attached hydrogens (tertiary/aromatic N) is 2. The summed E-state index contributed by atoms with van der Waals surface area (Å²) < 4.78 is 1.47. The van der Waals surface area contributed by atoms with Crippen molar-refractivity contribution in [3.8, 4) is 0 Å². The fourth-order valence-electron chi connectivity index (χ4n) is 2.01. The van der Waals surface area contributed by atoms with Crippen molar-refractivity contribution in [1.29, 1.82) is 0 Å². The van der Waals surface area contributed by atoms with Gasteiger partial charge in [-0.3, -0.25) is 9.48 Å². The molecule has 0 aliphatic rings. The van der Waals surface area contributed by atoms with E-state index in [2.05, 4.69) is 15.7 Å². The van der Waals surface area contributed by atoms with Gasteiger partial charge in [0.2, 0.25) is 0 Å². The summed E-state index contributed by atoms with van der Waals surface area (Å²) in [6.07, 6.45) is 0. The van der Waals surface area contributed by atoms with Gasteiger partial charge < -0.3 is 16.4 Å². The van der Waals surface area contributed by atoms with Crippen molar-refractivity contribution in [1.82, 2.24) is 9.78 Å². The zero-order chi connectivity index (χ0) is 15.4. The van der Waals surface area contributed by atoms with E-state index in [-0.39, 0.29) is 5.69 Å². The molecule has 0 aliphatic carbocycles. The third kappa shape index (κ3) is 3.19. The Hall–Kier alpha value is -2.83. The van der Waals surface area contributed by atoms with Crippen molar-refractivity contribution in [2.24, 2.45) is 5.73 Å². The Morgan fingerprint density at radius 2 is 1.90 bits per heavy atom. The number of nitrogens with one attached hydrogen (secondary N) is 2. The summed E-state index contributed by atoms with van der Waals surface area (Å²) in [6.45, 7) is 4.03. The molecule has 0 fully saturated rings. The highest BCUT2D eigenvalue weighted by Gasteiger charge is 2.20. The van der Waals surface area contributed by atoms with Gasteiger partial charge in [0, 0.05) is 12.2 Å². The van der Waals surface area contributed by atoms with Crippen LogP contribution in [-0.2, 0) is 6.54 Å². The number of carbonyl (C=O) groups excluding carboxylic acids is 2. The maximum absolute atomic E-state index is 12.0. The van der Waals surface area contributed by atoms with Crippen LogP contribution in [0.2, 0.25) is 0 Å². The molecule has 2 aromatic rings. The largest absolute Gasteiger partial charge is 0.364 e. The number of aromatic nitrogens is 2. The first-order valence-electron chi connectivity index (χ1n) is 6.53. The van der Waals surface area contributed by atoms with Gasteiger partial charge in [0.15, 0.2) is 0 Å². The number of hydrogen-bond acceptors (Lipinski definition) is 3. The van der Waals surface area contributed by atoms with Crippen molar-refractivity contribution in [2.75, 3.05) is 10.6 Å². The summed E-state index contributed by atoms with van der Waals surface area (Å²) in [6, 6.07) is 8.54. The number of rotatable bonds is 4. The monoisotopic (exact) mass is 287 g/mol. The Morgan fingerprint density at radius 1 is 1.24 bits per heavy atom. The van der Waals surface area contributed by atoms with E-state index in [1.807, 2.05) is 25.1 Å². The van der Waals surface area contributed by atoms with E-state index in [0.717, 1.165) is 0 Å². The van der Waals surface area contributed by atoms with E-state index >= 15 is 0 Å². The highest BCUT2D eigenvalue weighted by Crippen LogP contribution is 2.20. The van der Waals surface area contributed by atoms with Crippen molar-refractivity contribution in [3.63, 3.8) is 0 Å². The normalized spacial score (nSPS) is 10.2. The number of para-hydroxylation sites is 1. The van der Waals surface area contributed by atoms with Crippen LogP contribution in [0.5, 0.6) is 0 Å². The maximum Gasteiger partial charge on any atom is 0.323 e. The second kappa shape index (κ2) is 6.08. The number of carbonyl (C=O) groups is 2. The first kappa shape index (κ1) is 14.6. The maximum atomic E-state index is 12.0. The number of nitrogens with two attached hydrogens (primary N) is 1. The second-order valence-electron chi connectivity index (χ2n) is 4.43. The van der Waals surface area contributed by atoms with Gasteiger partial charge in [0.1, 0.15) is 5.69 Å². The van der Waals surface area contributed by atoms with Crippen molar-refractivity contribution >= 4 is 23.3 Å². The van der Waals surface area contributed by atoms with Crippen molar-refractivity contribution in [3.05, 3.63) is 41.7 Å². The number of benzene rings is 1. The standard InChI is InChI=1S/C14H17N5O2/c1-3-19-12(13(15)20)11(9(2)18-19)17-14(21)16-10-7-5-4-6-8-10/h4-8H,3H2,1-2H3,(H2,15,20)(H2,16,17,21). The average Bonchev–Trinajstić information content (AvgIpc) is 2.76. The van der Waals surface area contributed by atoms with Crippen LogP contribution in [0.1, 0.15) is 23.1 Å². The molecule has 0 saturated carbocycles. The van der Waals surface area contributed by atoms with Crippen LogP contribution in [0.3, 0.4) is 0 Å². The van der Waals surface area contributed by atoms with Gasteiger partial charge in [-0.05, 0) is 26.0 Å². The number of aryl methyl sites for hydroxylation is 2. The van der Waals surface area contributed by atoms with Gasteiger partial charge in [-0.15, -0.1) is 0 Å². The van der Waals surface area contributed by atoms with Crippen LogP contribution in [0.15, 0.2) is 30.3 Å². The van der Waals surface area contributed by atoms with Crippen molar-refractivity contribution < 1.29 is 9.59 Å². The Balaban J connectivity index is 2.21. The van der Waals surface area contributed by atoms with Gasteiger partial charge in [-0.2, -0.15) is 5.10 Å². The number of anilines is 2. The lowest BCUT2D eigenvalue weighted by molar-refractivity contribution is 0.0991. The van der Waals surface area contributed by atoms with E-state index < -0.39 is 11.9 Å². The summed E-state index contributed by atoms with van der Waals surface area (Å²) in [5.74, 6) is -0.632. The zero-order valence-corrected chi connectivity index (χ0v) is 11.9. The Kier molecular flexibility index (Phi) is 4.22. The van der Waals surface area contributed by atoms with E-state index in [1.54, 1.807) is 19.1 Å². The van der Waals surface area contributed by atoms with E-state index in [0.29, 0.717) is 23.6 Å². The summed E-state index contributed by atoms with van der Waals surface area (Å²) in [7, 11) is 0. The Morgan fingerprint density at radius 3 is 2.48 bits per heavy atom. The van der Waals surface area contributed by atoms with Gasteiger partial charge in [-0.25, -0.2) is 4.79 Å². The average molecular weight is 287 g/mol. The lowest BCUT2D eigenvalue weighted by Gasteiger charge is -2.08. The molecule has 3 amide bonds. The van der Waals surface area contributed by atoms with Crippen LogP contribution >= 0.6 is 0 Å². The van der Waals surface area contributed by atoms with Crippen LogP contribution < -0.4 is 16.4 Å². The van der Waals surface area contributed by atoms with Crippen LogP contribution in [0, 0.1) is 6.92 Å². The molecule has 1 aromatic carbocycles. The van der Waals surface area contributed by atoms with E-state index in [4.69, 9.17) is 5.73 Å². The highest BCUT2D eigenvalue weighted by atomic mass is 16.2. The molecule has 21 heavy (non-hydrogen) atoms. The SMILES string of the molecule is CCn1nc(C)c(NC(=O)Nc2ccccc2)c1C(N)=O. The first-order valence-corrected chi connectivity index (χ1v) is 6.53. The van der Waals surface area contributed by atoms with Gasteiger partial charge in [0.25, 0.3) is 5.91 Å². The molecule has 2 rings (SSSR count). The number of hydrogen-bond donors (Lipinski definition) is 3.